The number of halogens is 3. The third-order valence-electron chi connectivity index (χ3n) is 5.03. The van der Waals surface area contributed by atoms with Gasteiger partial charge in [0.1, 0.15) is 11.6 Å². The number of aliphatic imine (C=N–C) groups is 1. The molecule has 1 aliphatic carbocycles. The molecule has 0 spiro atoms. The van der Waals surface area contributed by atoms with Crippen molar-refractivity contribution in [3.8, 4) is 11.3 Å². The van der Waals surface area contributed by atoms with Crippen LogP contribution in [0, 0.1) is 11.6 Å². The Morgan fingerprint density at radius 3 is 2.47 bits per heavy atom. The van der Waals surface area contributed by atoms with E-state index >= 15 is 0 Å². The maximum Gasteiger partial charge on any atom is 0.197 e. The lowest BCUT2D eigenvalue weighted by Crippen LogP contribution is -2.37. The minimum atomic E-state index is -0.637. The van der Waals surface area contributed by atoms with E-state index in [9.17, 15) is 8.78 Å². The highest BCUT2D eigenvalue weighted by molar-refractivity contribution is 6.30. The van der Waals surface area contributed by atoms with E-state index in [-0.39, 0.29) is 0 Å². The van der Waals surface area contributed by atoms with Crippen molar-refractivity contribution < 1.29 is 8.78 Å². The summed E-state index contributed by atoms with van der Waals surface area (Å²) in [5.74, 6) is -0.153. The number of hydrogen-bond acceptors (Lipinski definition) is 2. The lowest BCUT2D eigenvalue weighted by Gasteiger charge is -2.16. The molecule has 4 rings (SSSR count). The molecule has 0 atom stereocenters. The second-order valence-corrected chi connectivity index (χ2v) is 7.80. The monoisotopic (exact) mass is 429 g/mol. The van der Waals surface area contributed by atoms with Gasteiger partial charge in [0.25, 0.3) is 0 Å². The van der Waals surface area contributed by atoms with Crippen LogP contribution in [0.1, 0.15) is 31.2 Å². The lowest BCUT2D eigenvalue weighted by molar-refractivity contribution is 0.584. The Kier molecular flexibility index (Phi) is 6.28. The molecule has 0 bridgehead atoms. The molecule has 1 saturated carbocycles. The highest BCUT2D eigenvalue weighted by Crippen LogP contribution is 2.22. The highest BCUT2D eigenvalue weighted by atomic mass is 35.5. The molecular weight excluding hydrogens is 408 g/mol. The number of benzene rings is 2. The molecule has 0 saturated heterocycles. The fraction of sp³-hybridized carbons (Fsp3) is 0.273. The second kappa shape index (κ2) is 9.26. The Hall–Kier alpha value is -2.93. The first-order chi connectivity index (χ1) is 14.5. The minimum absolute atomic E-state index is 0.359. The minimum Gasteiger partial charge on any atom is -0.353 e. The predicted molar refractivity (Wildman–Crippen MR) is 116 cm³/mol. The van der Waals surface area contributed by atoms with Crippen LogP contribution in [0.3, 0.4) is 0 Å². The first-order valence-corrected chi connectivity index (χ1v) is 10.3. The van der Waals surface area contributed by atoms with Crippen molar-refractivity contribution in [1.82, 2.24) is 15.5 Å². The molecule has 5 nitrogen and oxygen atoms in total. The smallest absolute Gasteiger partial charge is 0.197 e. The summed E-state index contributed by atoms with van der Waals surface area (Å²) in [6, 6.07) is 12.9. The molecule has 1 aliphatic rings. The molecular formula is C22H22ClF2N5. The number of hydrogen-bond donors (Lipinski definition) is 3. The van der Waals surface area contributed by atoms with Gasteiger partial charge in [-0.1, -0.05) is 36.6 Å². The van der Waals surface area contributed by atoms with Crippen LogP contribution in [-0.2, 0) is 6.54 Å². The summed E-state index contributed by atoms with van der Waals surface area (Å²) in [5.41, 5.74) is 1.93. The summed E-state index contributed by atoms with van der Waals surface area (Å²) >= 11 is 5.95. The summed E-state index contributed by atoms with van der Waals surface area (Å²) in [6.07, 6.45) is 4.58. The largest absolute Gasteiger partial charge is 0.353 e. The molecule has 3 N–H and O–H groups in total. The van der Waals surface area contributed by atoms with Crippen molar-refractivity contribution in [2.45, 2.75) is 38.3 Å². The SMILES string of the molecule is Fc1cc(F)cc(-c2cc(N/C(=N\Cc3ccc(Cl)cc3)NC3CCCC3)n[nH]2)c1. The Bertz CT molecular complexity index is 1010. The molecule has 0 radical (unpaired) electrons. The molecule has 0 aliphatic heterocycles. The number of anilines is 1. The molecule has 8 heteroatoms. The molecule has 3 aromatic rings. The molecule has 1 fully saturated rings. The normalized spacial score (nSPS) is 14.8. The first kappa shape index (κ1) is 20.3. The third-order valence-corrected chi connectivity index (χ3v) is 5.28. The Morgan fingerprint density at radius 2 is 1.77 bits per heavy atom. The standard InChI is InChI=1S/C22H22ClF2N5/c23-16-7-5-14(6-8-16)13-26-22(27-19-3-1-2-4-19)28-21-12-20(29-30-21)15-9-17(24)11-18(25)10-15/h5-12,19H,1-4,13H2,(H3,26,27,28,29,30). The van der Waals surface area contributed by atoms with Gasteiger partial charge in [0.05, 0.1) is 12.2 Å². The van der Waals surface area contributed by atoms with E-state index in [1.54, 1.807) is 6.07 Å². The van der Waals surface area contributed by atoms with Crippen LogP contribution in [0.5, 0.6) is 0 Å². The van der Waals surface area contributed by atoms with Crippen molar-refractivity contribution in [3.63, 3.8) is 0 Å². The fourth-order valence-corrected chi connectivity index (χ4v) is 3.64. The number of guanidine groups is 1. The zero-order chi connectivity index (χ0) is 20.9. The van der Waals surface area contributed by atoms with Crippen LogP contribution in [0.15, 0.2) is 53.5 Å². The molecule has 30 heavy (non-hydrogen) atoms. The van der Waals surface area contributed by atoms with E-state index < -0.39 is 11.6 Å². The van der Waals surface area contributed by atoms with Crippen LogP contribution in [-0.4, -0.2) is 22.2 Å². The zero-order valence-electron chi connectivity index (χ0n) is 16.3. The van der Waals surface area contributed by atoms with Crippen LogP contribution in [0.4, 0.5) is 14.6 Å². The molecule has 1 heterocycles. The van der Waals surface area contributed by atoms with Gasteiger partial charge in [-0.15, -0.1) is 0 Å². The second-order valence-electron chi connectivity index (χ2n) is 7.37. The molecule has 0 amide bonds. The summed E-state index contributed by atoms with van der Waals surface area (Å²) in [5, 5.41) is 14.4. The molecule has 2 aromatic carbocycles. The van der Waals surface area contributed by atoms with Crippen molar-refractivity contribution in [3.05, 3.63) is 70.8 Å². The Morgan fingerprint density at radius 1 is 1.07 bits per heavy atom. The van der Waals surface area contributed by atoms with Gasteiger partial charge in [-0.2, -0.15) is 5.10 Å². The number of nitrogens with one attached hydrogen (secondary N) is 3. The lowest BCUT2D eigenvalue weighted by atomic mass is 10.1. The third kappa shape index (κ3) is 5.36. The summed E-state index contributed by atoms with van der Waals surface area (Å²) in [7, 11) is 0. The summed E-state index contributed by atoms with van der Waals surface area (Å²) in [6.45, 7) is 0.478. The summed E-state index contributed by atoms with van der Waals surface area (Å²) in [4.78, 5) is 4.67. The van der Waals surface area contributed by atoms with Crippen LogP contribution in [0.25, 0.3) is 11.3 Å². The van der Waals surface area contributed by atoms with E-state index in [0.717, 1.165) is 24.5 Å². The maximum absolute atomic E-state index is 13.5. The maximum atomic E-state index is 13.5. The number of rotatable bonds is 5. The van der Waals surface area contributed by atoms with E-state index in [0.29, 0.717) is 40.6 Å². The quantitative estimate of drug-likeness (QED) is 0.370. The fourth-order valence-electron chi connectivity index (χ4n) is 3.51. The van der Waals surface area contributed by atoms with E-state index in [4.69, 9.17) is 11.6 Å². The molecule has 0 unspecified atom stereocenters. The van der Waals surface area contributed by atoms with E-state index in [2.05, 4.69) is 25.8 Å². The van der Waals surface area contributed by atoms with Gasteiger partial charge in [-0.25, -0.2) is 13.8 Å². The van der Waals surface area contributed by atoms with Gasteiger partial charge in [-0.05, 0) is 42.7 Å². The van der Waals surface area contributed by atoms with Gasteiger partial charge < -0.3 is 10.6 Å². The predicted octanol–water partition coefficient (Wildman–Crippen LogP) is 5.51. The average Bonchev–Trinajstić information content (AvgIpc) is 3.39. The zero-order valence-corrected chi connectivity index (χ0v) is 17.0. The highest BCUT2D eigenvalue weighted by Gasteiger charge is 2.17. The van der Waals surface area contributed by atoms with Crippen LogP contribution >= 0.6 is 11.6 Å². The van der Waals surface area contributed by atoms with Gasteiger partial charge in [-0.3, -0.25) is 5.10 Å². The number of aromatic nitrogens is 2. The molecule has 156 valence electrons. The van der Waals surface area contributed by atoms with Gasteiger partial charge >= 0.3 is 0 Å². The van der Waals surface area contributed by atoms with Crippen LogP contribution in [0.2, 0.25) is 5.02 Å². The van der Waals surface area contributed by atoms with E-state index in [1.165, 1.54) is 25.0 Å². The average molecular weight is 430 g/mol. The van der Waals surface area contributed by atoms with Gasteiger partial charge in [0.15, 0.2) is 11.8 Å². The van der Waals surface area contributed by atoms with Crippen molar-refractivity contribution in [1.29, 1.82) is 0 Å². The van der Waals surface area contributed by atoms with E-state index in [1.807, 2.05) is 24.3 Å². The van der Waals surface area contributed by atoms with Gasteiger partial charge in [0, 0.05) is 28.8 Å². The number of aromatic amines is 1. The van der Waals surface area contributed by atoms with Crippen LogP contribution < -0.4 is 10.6 Å². The van der Waals surface area contributed by atoms with Gasteiger partial charge in [0.2, 0.25) is 0 Å². The summed E-state index contributed by atoms with van der Waals surface area (Å²) < 4.78 is 27.0. The topological polar surface area (TPSA) is 65.1 Å². The van der Waals surface area contributed by atoms with Crippen molar-refractivity contribution in [2.24, 2.45) is 4.99 Å². The van der Waals surface area contributed by atoms with Crippen molar-refractivity contribution >= 4 is 23.4 Å². The number of nitrogens with zero attached hydrogens (tertiary/aromatic N) is 2. The Labute approximate surface area is 178 Å². The Balaban J connectivity index is 1.51. The molecule has 1 aromatic heterocycles. The number of H-pyrrole nitrogens is 1. The van der Waals surface area contributed by atoms with Crippen molar-refractivity contribution in [2.75, 3.05) is 5.32 Å². The first-order valence-electron chi connectivity index (χ1n) is 9.89.